The number of hydrogen-bond acceptors (Lipinski definition) is 5. The van der Waals surface area contributed by atoms with Crippen LogP contribution >= 0.6 is 16.5 Å². The summed E-state index contributed by atoms with van der Waals surface area (Å²) in [5.41, 5.74) is 5.15. The molecular weight excluding hydrogens is 323 g/mol. The Morgan fingerprint density at radius 3 is 1.71 bits per heavy atom. The van der Waals surface area contributed by atoms with E-state index >= 15 is 0 Å². The normalized spacial score (nSPS) is 13.1. The number of nitrogens with two attached hydrogens (primary N) is 1. The topological polar surface area (TPSA) is 119 Å². The predicted octanol–water partition coefficient (Wildman–Crippen LogP) is -3.78. The Bertz CT molecular complexity index is 189. The molecule has 0 rings (SSSR count). The summed E-state index contributed by atoms with van der Waals surface area (Å²) in [6.07, 6.45) is -0.851. The van der Waals surface area contributed by atoms with Gasteiger partial charge in [-0.15, -0.1) is 0 Å². The maximum absolute atomic E-state index is 10.0. The maximum atomic E-state index is 10.0. The monoisotopic (exact) mass is 339 g/mol. The summed E-state index contributed by atoms with van der Waals surface area (Å²) >= 11 is 0. The first kappa shape index (κ1) is 38.1. The number of rotatable bonds is 6. The van der Waals surface area contributed by atoms with Crippen LogP contribution in [0.2, 0.25) is 0 Å². The molecule has 0 saturated carbocycles. The van der Waals surface area contributed by atoms with E-state index in [2.05, 4.69) is 9.05 Å². The van der Waals surface area contributed by atoms with Crippen molar-refractivity contribution < 1.29 is 28.0 Å². The number of hydrogen-bond donors (Lipinski definition) is 3. The Morgan fingerprint density at radius 1 is 1.00 bits per heavy atom. The summed E-state index contributed by atoms with van der Waals surface area (Å²) < 4.78 is 28.5. The van der Waals surface area contributed by atoms with Crippen molar-refractivity contribution in [3.05, 3.63) is 0 Å². The molecule has 3 atom stereocenters. The van der Waals surface area contributed by atoms with Gasteiger partial charge in [-0.05, 0) is 0 Å². The summed E-state index contributed by atoms with van der Waals surface area (Å²) in [5.74, 6) is 0. The molecule has 0 amide bonds. The van der Waals surface area contributed by atoms with E-state index in [1.165, 1.54) is 0 Å². The van der Waals surface area contributed by atoms with Crippen molar-refractivity contribution in [1.82, 2.24) is 0 Å². The molecule has 0 radical (unpaired) electrons. The van der Waals surface area contributed by atoms with Crippen LogP contribution in [-0.4, -0.2) is 170 Å². The van der Waals surface area contributed by atoms with Crippen LogP contribution in [0.3, 0.4) is 0 Å². The van der Waals surface area contributed by atoms with Gasteiger partial charge in [0, 0.05) is 6.42 Å². The van der Waals surface area contributed by atoms with Crippen molar-refractivity contribution in [3.63, 3.8) is 0 Å². The summed E-state index contributed by atoms with van der Waals surface area (Å²) in [4.78, 5) is 16.4. The molecular formula is C3H16NNa5O6P2. The SMILES string of the molecule is NC(CCO[PH](=O)O)O[PH](=O)O.[NaH].[NaH].[NaH].[NaH].[NaH]. The first-order valence-corrected chi connectivity index (χ1v) is 5.56. The van der Waals surface area contributed by atoms with E-state index in [4.69, 9.17) is 15.5 Å². The summed E-state index contributed by atoms with van der Waals surface area (Å²) in [5, 5.41) is 0. The van der Waals surface area contributed by atoms with Gasteiger partial charge in [0.1, 0.15) is 6.23 Å². The Hall–Kier alpha value is 5.26. The zero-order valence-corrected chi connectivity index (χ0v) is 8.10. The third-order valence-corrected chi connectivity index (χ3v) is 1.84. The molecule has 0 fully saturated rings. The molecule has 0 aromatic rings. The van der Waals surface area contributed by atoms with Crippen LogP contribution in [0.1, 0.15) is 6.42 Å². The first-order valence-electron chi connectivity index (χ1n) is 3.03. The van der Waals surface area contributed by atoms with Gasteiger partial charge in [-0.3, -0.25) is 13.7 Å². The molecule has 17 heavy (non-hydrogen) atoms. The van der Waals surface area contributed by atoms with E-state index in [-0.39, 0.29) is 161 Å². The van der Waals surface area contributed by atoms with Crippen LogP contribution in [-0.2, 0) is 18.2 Å². The van der Waals surface area contributed by atoms with E-state index in [9.17, 15) is 9.13 Å². The Labute approximate surface area is 212 Å². The quantitative estimate of drug-likeness (QED) is 0.258. The zero-order chi connectivity index (χ0) is 9.56. The van der Waals surface area contributed by atoms with E-state index < -0.39 is 22.7 Å². The van der Waals surface area contributed by atoms with Gasteiger partial charge in [0.2, 0.25) is 0 Å². The second-order valence-corrected chi connectivity index (χ2v) is 3.41. The van der Waals surface area contributed by atoms with Crippen LogP contribution in [0.15, 0.2) is 0 Å². The molecule has 84 valence electrons. The van der Waals surface area contributed by atoms with Crippen molar-refractivity contribution in [2.45, 2.75) is 12.6 Å². The molecule has 7 nitrogen and oxygen atoms in total. The van der Waals surface area contributed by atoms with E-state index in [0.29, 0.717) is 0 Å². The fraction of sp³-hybridized carbons (Fsp3) is 1.00. The second-order valence-electron chi connectivity index (χ2n) is 1.83. The van der Waals surface area contributed by atoms with Crippen molar-refractivity contribution in [3.8, 4) is 0 Å². The van der Waals surface area contributed by atoms with Gasteiger partial charge in [0.05, 0.1) is 6.61 Å². The van der Waals surface area contributed by atoms with E-state index in [1.807, 2.05) is 0 Å². The average Bonchev–Trinajstić information content (AvgIpc) is 1.84. The molecule has 3 unspecified atom stereocenters. The van der Waals surface area contributed by atoms with Crippen LogP contribution in [0.4, 0.5) is 0 Å². The van der Waals surface area contributed by atoms with Gasteiger partial charge in [-0.2, -0.15) is 0 Å². The Morgan fingerprint density at radius 2 is 1.41 bits per heavy atom. The average molecular weight is 339 g/mol. The fourth-order valence-electron chi connectivity index (χ4n) is 0.451. The molecule has 0 aliphatic carbocycles. The molecule has 0 aromatic carbocycles. The van der Waals surface area contributed by atoms with Gasteiger partial charge >= 0.3 is 164 Å². The molecule has 0 aliphatic rings. The van der Waals surface area contributed by atoms with Crippen molar-refractivity contribution in [1.29, 1.82) is 0 Å². The minimum absolute atomic E-state index is 0. The molecule has 0 aliphatic heterocycles. The van der Waals surface area contributed by atoms with Crippen LogP contribution in [0.25, 0.3) is 0 Å². The zero-order valence-electron chi connectivity index (χ0n) is 6.10. The van der Waals surface area contributed by atoms with Crippen LogP contribution in [0, 0.1) is 0 Å². The van der Waals surface area contributed by atoms with Gasteiger partial charge in [0.25, 0.3) is 0 Å². The molecule has 4 N–H and O–H groups in total. The Kier molecular flexibility index (Phi) is 58.6. The van der Waals surface area contributed by atoms with E-state index in [0.717, 1.165) is 0 Å². The van der Waals surface area contributed by atoms with Crippen LogP contribution < -0.4 is 5.73 Å². The summed E-state index contributed by atoms with van der Waals surface area (Å²) in [7, 11) is -6.00. The standard InChI is InChI=1S/C3H11NO6P2.5Na.5H/c4-3(10-12(7)8)1-2-9-11(5)6;;;;;;;;;;/h3,11-12H,1-2,4H2,(H,5,6)(H,7,8);;;;;;;;;;. The van der Waals surface area contributed by atoms with Gasteiger partial charge < -0.3 is 20.0 Å². The third-order valence-electron chi connectivity index (χ3n) is 0.880. The molecule has 0 saturated heterocycles. The Balaban J connectivity index is -0.0000000605. The van der Waals surface area contributed by atoms with E-state index in [1.54, 1.807) is 0 Å². The predicted molar refractivity (Wildman–Crippen MR) is 77.8 cm³/mol. The third kappa shape index (κ3) is 33.9. The molecule has 0 spiro atoms. The summed E-state index contributed by atoms with van der Waals surface area (Å²) in [6, 6.07) is 0. The molecule has 0 aromatic heterocycles. The van der Waals surface area contributed by atoms with Gasteiger partial charge in [0.15, 0.2) is 0 Å². The summed E-state index contributed by atoms with van der Waals surface area (Å²) in [6.45, 7) is -0.0788. The van der Waals surface area contributed by atoms with Crippen molar-refractivity contribution in [2.24, 2.45) is 5.73 Å². The van der Waals surface area contributed by atoms with Crippen molar-refractivity contribution in [2.75, 3.05) is 6.61 Å². The van der Waals surface area contributed by atoms with Gasteiger partial charge in [-0.25, -0.2) is 0 Å². The van der Waals surface area contributed by atoms with Gasteiger partial charge in [-0.1, -0.05) is 0 Å². The fourth-order valence-corrected chi connectivity index (χ4v) is 1.12. The molecule has 0 heterocycles. The molecule has 14 heteroatoms. The minimum atomic E-state index is -3.05. The van der Waals surface area contributed by atoms with Crippen LogP contribution in [0.5, 0.6) is 0 Å². The molecule has 0 bridgehead atoms. The second kappa shape index (κ2) is 26.2. The first-order chi connectivity index (χ1) is 5.52. The van der Waals surface area contributed by atoms with Crippen molar-refractivity contribution >= 4 is 164 Å².